The Kier molecular flexibility index (Phi) is 6.92. The molecular weight excluding hydrogens is 300 g/mol. The molecule has 3 unspecified atom stereocenters. The summed E-state index contributed by atoms with van der Waals surface area (Å²) in [5.74, 6) is 0.0305. The van der Waals surface area contributed by atoms with E-state index in [0.29, 0.717) is 12.0 Å². The van der Waals surface area contributed by atoms with Crippen LogP contribution in [0.5, 0.6) is 0 Å². The second-order valence-electron chi connectivity index (χ2n) is 5.99. The molecule has 3 N–H and O–H groups in total. The molecule has 0 radical (unpaired) electrons. The van der Waals surface area contributed by atoms with Crippen molar-refractivity contribution in [3.8, 4) is 6.07 Å². The van der Waals surface area contributed by atoms with Gasteiger partial charge in [-0.2, -0.15) is 5.26 Å². The number of hydrogen-bond donors (Lipinski definition) is 2. The highest BCUT2D eigenvalue weighted by Gasteiger charge is 2.59. The molecule has 0 amide bonds. The molecule has 1 saturated carbocycles. The van der Waals surface area contributed by atoms with Gasteiger partial charge in [-0.3, -0.25) is 0 Å². The molecule has 0 bridgehead atoms. The van der Waals surface area contributed by atoms with E-state index in [0.717, 1.165) is 17.6 Å². The topological polar surface area (TPSA) is 79.3 Å². The summed E-state index contributed by atoms with van der Waals surface area (Å²) in [6.07, 6.45) is 5.34. The van der Waals surface area contributed by atoms with Crippen molar-refractivity contribution in [1.29, 1.82) is 5.26 Å². The molecular formula is C20H28N2O2. The van der Waals surface area contributed by atoms with Crippen molar-refractivity contribution < 1.29 is 9.84 Å². The molecule has 0 aliphatic heterocycles. The smallest absolute Gasteiger partial charge is 0.128 e. The fourth-order valence-electron chi connectivity index (χ4n) is 3.84. The van der Waals surface area contributed by atoms with Crippen LogP contribution in [0.4, 0.5) is 0 Å². The molecule has 1 fully saturated rings. The number of nitrogens with zero attached hydrogens (tertiary/aromatic N) is 1. The summed E-state index contributed by atoms with van der Waals surface area (Å²) in [5.41, 5.74) is 5.24. The largest absolute Gasteiger partial charge is 0.387 e. The molecule has 3 atom stereocenters. The molecule has 130 valence electrons. The van der Waals surface area contributed by atoms with Crippen molar-refractivity contribution in [2.45, 2.75) is 37.9 Å². The van der Waals surface area contributed by atoms with Gasteiger partial charge in [0.1, 0.15) is 5.60 Å². The molecule has 2 rings (SSSR count). The quantitative estimate of drug-likeness (QED) is 0.831. The molecule has 24 heavy (non-hydrogen) atoms. The number of methoxy groups -OCH3 is 1. The molecule has 1 aromatic rings. The van der Waals surface area contributed by atoms with E-state index in [-0.39, 0.29) is 5.92 Å². The monoisotopic (exact) mass is 328 g/mol. The lowest BCUT2D eigenvalue weighted by atomic mass is 9.73. The van der Waals surface area contributed by atoms with E-state index in [9.17, 15) is 5.11 Å². The number of benzene rings is 1. The summed E-state index contributed by atoms with van der Waals surface area (Å²) in [4.78, 5) is 0. The second kappa shape index (κ2) is 8.25. The number of hydrogen-bond acceptors (Lipinski definition) is 4. The van der Waals surface area contributed by atoms with Crippen LogP contribution in [0.25, 0.3) is 0 Å². The van der Waals surface area contributed by atoms with Crippen molar-refractivity contribution in [2.24, 2.45) is 11.7 Å². The summed E-state index contributed by atoms with van der Waals surface area (Å²) < 4.78 is 5.95. The Morgan fingerprint density at radius 3 is 2.42 bits per heavy atom. The van der Waals surface area contributed by atoms with Gasteiger partial charge in [-0.15, -0.1) is 0 Å². The fraction of sp³-hybridized carbons (Fsp3) is 0.450. The first-order valence-corrected chi connectivity index (χ1v) is 8.11. The third-order valence-corrected chi connectivity index (χ3v) is 4.95. The van der Waals surface area contributed by atoms with Crippen LogP contribution in [0.15, 0.2) is 48.6 Å². The molecule has 4 heteroatoms. The van der Waals surface area contributed by atoms with Gasteiger partial charge in [-0.1, -0.05) is 30.9 Å². The first-order chi connectivity index (χ1) is 11.5. The molecule has 4 nitrogen and oxygen atoms in total. The number of aliphatic hydroxyl groups is 1. The van der Waals surface area contributed by atoms with Gasteiger partial charge >= 0.3 is 0 Å². The van der Waals surface area contributed by atoms with Crippen LogP contribution in [0.3, 0.4) is 0 Å². The predicted molar refractivity (Wildman–Crippen MR) is 97.3 cm³/mol. The lowest BCUT2D eigenvalue weighted by Crippen LogP contribution is -2.50. The van der Waals surface area contributed by atoms with Gasteiger partial charge in [0.05, 0.1) is 17.2 Å². The highest BCUT2D eigenvalue weighted by Crippen LogP contribution is 2.55. The molecule has 0 saturated heterocycles. The lowest BCUT2D eigenvalue weighted by Gasteiger charge is -2.43. The Morgan fingerprint density at radius 1 is 1.42 bits per heavy atom. The average molecular weight is 328 g/mol. The van der Waals surface area contributed by atoms with E-state index < -0.39 is 11.2 Å². The predicted octanol–water partition coefficient (Wildman–Crippen LogP) is 3.27. The van der Waals surface area contributed by atoms with Crippen LogP contribution in [0.2, 0.25) is 0 Å². The van der Waals surface area contributed by atoms with E-state index in [1.165, 1.54) is 7.05 Å². The van der Waals surface area contributed by atoms with Crippen LogP contribution in [-0.4, -0.2) is 24.9 Å². The lowest BCUT2D eigenvalue weighted by molar-refractivity contribution is -0.162. The SMILES string of the molecule is C=C/C(=C\C)C1CCC(C)(O)C1(OC)c1ccc(C#N)cc1.CN. The Labute approximate surface area is 145 Å². The summed E-state index contributed by atoms with van der Waals surface area (Å²) in [7, 11) is 3.14. The van der Waals surface area contributed by atoms with Gasteiger partial charge in [-0.05, 0) is 57.0 Å². The first kappa shape index (κ1) is 20.1. The first-order valence-electron chi connectivity index (χ1n) is 8.11. The summed E-state index contributed by atoms with van der Waals surface area (Å²) in [6.45, 7) is 7.70. The number of nitrogens with two attached hydrogens (primary N) is 1. The Balaban J connectivity index is 0.00000139. The van der Waals surface area contributed by atoms with Crippen molar-refractivity contribution >= 4 is 0 Å². The van der Waals surface area contributed by atoms with Gasteiger partial charge in [0.15, 0.2) is 0 Å². The normalized spacial score (nSPS) is 29.4. The molecule has 0 spiro atoms. The van der Waals surface area contributed by atoms with Crippen molar-refractivity contribution in [1.82, 2.24) is 0 Å². The van der Waals surface area contributed by atoms with Gasteiger partial charge in [-0.25, -0.2) is 0 Å². The molecule has 1 aliphatic carbocycles. The van der Waals surface area contributed by atoms with Crippen LogP contribution in [-0.2, 0) is 10.3 Å². The summed E-state index contributed by atoms with van der Waals surface area (Å²) >= 11 is 0. The highest BCUT2D eigenvalue weighted by molar-refractivity contribution is 5.40. The van der Waals surface area contributed by atoms with Crippen LogP contribution < -0.4 is 5.73 Å². The fourth-order valence-corrected chi connectivity index (χ4v) is 3.84. The maximum Gasteiger partial charge on any atom is 0.128 e. The molecule has 0 heterocycles. The Morgan fingerprint density at radius 2 is 2.00 bits per heavy atom. The standard InChI is InChI=1S/C19H23NO2.CH5N/c1-5-15(6-2)17-11-12-18(3,21)19(17,22-4)16-9-7-14(13-20)8-10-16;1-2/h5-10,17,21H,1,11-12H2,2-4H3;2H2,1H3/b15-6+;. The summed E-state index contributed by atoms with van der Waals surface area (Å²) in [5, 5.41) is 20.0. The van der Waals surface area contributed by atoms with Crippen molar-refractivity contribution in [2.75, 3.05) is 14.2 Å². The third kappa shape index (κ3) is 3.16. The zero-order valence-corrected chi connectivity index (χ0v) is 15.0. The van der Waals surface area contributed by atoms with E-state index in [1.807, 2.05) is 38.1 Å². The van der Waals surface area contributed by atoms with Gasteiger partial charge in [0, 0.05) is 13.0 Å². The van der Waals surface area contributed by atoms with E-state index in [2.05, 4.69) is 18.4 Å². The van der Waals surface area contributed by atoms with E-state index >= 15 is 0 Å². The third-order valence-electron chi connectivity index (χ3n) is 4.95. The van der Waals surface area contributed by atoms with Crippen LogP contribution in [0, 0.1) is 17.2 Å². The second-order valence-corrected chi connectivity index (χ2v) is 5.99. The summed E-state index contributed by atoms with van der Waals surface area (Å²) in [6, 6.07) is 9.42. The number of nitriles is 1. The minimum Gasteiger partial charge on any atom is -0.387 e. The van der Waals surface area contributed by atoms with E-state index in [1.54, 1.807) is 19.2 Å². The van der Waals surface area contributed by atoms with Crippen molar-refractivity contribution in [3.05, 3.63) is 59.7 Å². The minimum atomic E-state index is -0.988. The zero-order valence-electron chi connectivity index (χ0n) is 15.0. The zero-order chi connectivity index (χ0) is 18.4. The van der Waals surface area contributed by atoms with Gasteiger partial charge in [0.2, 0.25) is 0 Å². The van der Waals surface area contributed by atoms with Crippen molar-refractivity contribution in [3.63, 3.8) is 0 Å². The van der Waals surface area contributed by atoms with Crippen LogP contribution >= 0.6 is 0 Å². The Hall–Kier alpha value is -1.93. The highest BCUT2D eigenvalue weighted by atomic mass is 16.5. The molecule has 1 aliphatic rings. The maximum absolute atomic E-state index is 11.0. The maximum atomic E-state index is 11.0. The average Bonchev–Trinajstić information content (AvgIpc) is 2.89. The molecule has 0 aromatic heterocycles. The van der Waals surface area contributed by atoms with E-state index in [4.69, 9.17) is 10.00 Å². The van der Waals surface area contributed by atoms with Gasteiger partial charge in [0.25, 0.3) is 0 Å². The molecule has 1 aromatic carbocycles. The number of ether oxygens (including phenoxy) is 1. The van der Waals surface area contributed by atoms with Crippen LogP contribution in [0.1, 0.15) is 37.8 Å². The number of rotatable bonds is 4. The van der Waals surface area contributed by atoms with Gasteiger partial charge < -0.3 is 15.6 Å². The Bertz CT molecular complexity index is 626. The number of allylic oxidation sites excluding steroid dienone is 2. The minimum absolute atomic E-state index is 0.0305.